The van der Waals surface area contributed by atoms with E-state index in [0.29, 0.717) is 33.0 Å². The van der Waals surface area contributed by atoms with Crippen LogP contribution in [0, 0.1) is 24.0 Å². The van der Waals surface area contributed by atoms with Crippen LogP contribution in [0.3, 0.4) is 0 Å². The van der Waals surface area contributed by atoms with E-state index in [0.717, 1.165) is 28.2 Å². The van der Waals surface area contributed by atoms with Crippen molar-refractivity contribution < 1.29 is 19.2 Å². The summed E-state index contributed by atoms with van der Waals surface area (Å²) in [6.45, 7) is 9.98. The van der Waals surface area contributed by atoms with E-state index in [1.165, 1.54) is 23.5 Å². The van der Waals surface area contributed by atoms with Gasteiger partial charge in [-0.25, -0.2) is 9.79 Å². The summed E-state index contributed by atoms with van der Waals surface area (Å²) in [5, 5.41) is 11.1. The number of nitrogens with zero attached hydrogens (tertiary/aromatic N) is 4. The highest BCUT2D eigenvalue weighted by Crippen LogP contribution is 2.32. The first kappa shape index (κ1) is 28.7. The molecule has 0 N–H and O–H groups in total. The molecule has 2 aromatic carbocycles. The molecule has 0 radical (unpaired) electrons. The fourth-order valence-corrected chi connectivity index (χ4v) is 6.25. The predicted octanol–water partition coefficient (Wildman–Crippen LogP) is 4.51. The quantitative estimate of drug-likeness (QED) is 0.170. The van der Waals surface area contributed by atoms with Crippen molar-refractivity contribution in [2.45, 2.75) is 40.7 Å². The number of thiazole rings is 1. The summed E-state index contributed by atoms with van der Waals surface area (Å²) in [5.41, 5.74) is 4.69. The monoisotopic (exact) mass is 586 g/mol. The third-order valence-electron chi connectivity index (χ3n) is 7.10. The van der Waals surface area contributed by atoms with Gasteiger partial charge in [-0.3, -0.25) is 19.5 Å². The number of ether oxygens (including phenoxy) is 2. The lowest BCUT2D eigenvalue weighted by Crippen LogP contribution is -2.39. The van der Waals surface area contributed by atoms with Gasteiger partial charge in [0.2, 0.25) is 0 Å². The Morgan fingerprint density at radius 1 is 1.07 bits per heavy atom. The Morgan fingerprint density at radius 3 is 2.38 bits per heavy atom. The first-order valence-corrected chi connectivity index (χ1v) is 14.3. The normalized spacial score (nSPS) is 14.9. The zero-order chi connectivity index (χ0) is 30.1. The van der Waals surface area contributed by atoms with Crippen LogP contribution in [-0.4, -0.2) is 33.2 Å². The van der Waals surface area contributed by atoms with Crippen molar-refractivity contribution in [3.63, 3.8) is 0 Å². The van der Waals surface area contributed by atoms with Gasteiger partial charge in [0.1, 0.15) is 5.75 Å². The van der Waals surface area contributed by atoms with E-state index in [4.69, 9.17) is 9.47 Å². The zero-order valence-electron chi connectivity index (χ0n) is 23.9. The molecular weight excluding hydrogens is 556 g/mol. The largest absolute Gasteiger partial charge is 0.494 e. The molecule has 1 aliphatic heterocycles. The molecule has 10 nitrogen and oxygen atoms in total. The number of aryl methyl sites for hydroxylation is 1. The summed E-state index contributed by atoms with van der Waals surface area (Å²) in [7, 11) is 0. The van der Waals surface area contributed by atoms with Crippen LogP contribution in [0.2, 0.25) is 0 Å². The molecule has 0 bridgehead atoms. The van der Waals surface area contributed by atoms with E-state index in [9.17, 15) is 19.7 Å². The number of nitro groups is 1. The van der Waals surface area contributed by atoms with Crippen LogP contribution in [0.15, 0.2) is 75.7 Å². The van der Waals surface area contributed by atoms with Gasteiger partial charge in [0.05, 0.1) is 40.0 Å². The van der Waals surface area contributed by atoms with E-state index < -0.39 is 16.9 Å². The van der Waals surface area contributed by atoms with Crippen molar-refractivity contribution in [2.75, 3.05) is 13.2 Å². The summed E-state index contributed by atoms with van der Waals surface area (Å²) in [5.74, 6) is 0.175. The smallest absolute Gasteiger partial charge is 0.338 e. The van der Waals surface area contributed by atoms with Gasteiger partial charge in [0.15, 0.2) is 4.80 Å². The lowest BCUT2D eigenvalue weighted by molar-refractivity contribution is -0.384. The molecule has 1 aliphatic rings. The Bertz CT molecular complexity index is 1900. The molecule has 0 spiro atoms. The van der Waals surface area contributed by atoms with Gasteiger partial charge >= 0.3 is 5.97 Å². The molecule has 0 unspecified atom stereocenters. The number of esters is 1. The van der Waals surface area contributed by atoms with Gasteiger partial charge in [0.25, 0.3) is 11.2 Å². The van der Waals surface area contributed by atoms with Crippen molar-refractivity contribution in [1.82, 2.24) is 9.13 Å². The number of hydrogen-bond donors (Lipinski definition) is 0. The molecular formula is C31H30N4O6S. The van der Waals surface area contributed by atoms with Crippen molar-refractivity contribution in [1.29, 1.82) is 0 Å². The number of nitro benzene ring substituents is 1. The Morgan fingerprint density at radius 2 is 1.76 bits per heavy atom. The topological polar surface area (TPSA) is 118 Å². The van der Waals surface area contributed by atoms with Crippen LogP contribution in [0.1, 0.15) is 49.3 Å². The van der Waals surface area contributed by atoms with Crippen LogP contribution in [-0.2, 0) is 9.53 Å². The molecule has 0 amide bonds. The summed E-state index contributed by atoms with van der Waals surface area (Å²) in [6.07, 6.45) is 1.83. The summed E-state index contributed by atoms with van der Waals surface area (Å²) < 4.78 is 15.0. The maximum atomic E-state index is 14.0. The number of fused-ring (bicyclic) bond motifs is 1. The predicted molar refractivity (Wildman–Crippen MR) is 160 cm³/mol. The maximum Gasteiger partial charge on any atom is 0.338 e. The van der Waals surface area contributed by atoms with Crippen molar-refractivity contribution in [3.8, 4) is 11.4 Å². The Labute approximate surface area is 245 Å². The van der Waals surface area contributed by atoms with E-state index in [1.807, 2.05) is 61.7 Å². The average molecular weight is 587 g/mol. The number of rotatable bonds is 8. The standard InChI is InChI=1S/C31H30N4O6S/c1-6-40-25-14-8-21(9-15-25)28-27(30(37)41-7-2)19(4)32-31-34(28)29(36)26(42-31)17-22-16-18(3)33(20(22)5)23-10-12-24(13-11-23)35(38)39/h8-17,28H,6-7H2,1-5H3/b26-17-/t28-/m0/s1. The first-order valence-electron chi connectivity index (χ1n) is 13.5. The molecule has 0 fully saturated rings. The molecule has 42 heavy (non-hydrogen) atoms. The molecule has 5 rings (SSSR count). The molecule has 4 aromatic rings. The summed E-state index contributed by atoms with van der Waals surface area (Å²) in [6, 6.07) is 14.9. The highest BCUT2D eigenvalue weighted by Gasteiger charge is 2.33. The minimum atomic E-state index is -0.717. The second-order valence-electron chi connectivity index (χ2n) is 9.74. The first-order chi connectivity index (χ1) is 20.1. The second kappa shape index (κ2) is 11.6. The lowest BCUT2D eigenvalue weighted by Gasteiger charge is -2.24. The number of aromatic nitrogens is 2. The zero-order valence-corrected chi connectivity index (χ0v) is 24.7. The molecule has 0 saturated carbocycles. The van der Waals surface area contributed by atoms with Gasteiger partial charge in [-0.2, -0.15) is 0 Å². The maximum absolute atomic E-state index is 14.0. The molecule has 1 atom stereocenters. The van der Waals surface area contributed by atoms with E-state index in [1.54, 1.807) is 30.5 Å². The lowest BCUT2D eigenvalue weighted by atomic mass is 9.96. The summed E-state index contributed by atoms with van der Waals surface area (Å²) in [4.78, 5) is 42.9. The summed E-state index contributed by atoms with van der Waals surface area (Å²) >= 11 is 1.26. The van der Waals surface area contributed by atoms with E-state index in [-0.39, 0.29) is 17.9 Å². The van der Waals surface area contributed by atoms with Gasteiger partial charge in [0, 0.05) is 29.2 Å². The van der Waals surface area contributed by atoms with Crippen LogP contribution in [0.4, 0.5) is 5.69 Å². The third-order valence-corrected chi connectivity index (χ3v) is 8.08. The Kier molecular flexibility index (Phi) is 7.95. The number of non-ortho nitro benzene ring substituents is 1. The molecule has 2 aromatic heterocycles. The van der Waals surface area contributed by atoms with Crippen LogP contribution in [0.25, 0.3) is 11.8 Å². The fraction of sp³-hybridized carbons (Fsp3) is 0.258. The van der Waals surface area contributed by atoms with Crippen molar-refractivity contribution in [2.24, 2.45) is 4.99 Å². The molecule has 0 saturated heterocycles. The minimum Gasteiger partial charge on any atom is -0.494 e. The molecule has 3 heterocycles. The third kappa shape index (κ3) is 5.18. The van der Waals surface area contributed by atoms with Crippen LogP contribution >= 0.6 is 11.3 Å². The van der Waals surface area contributed by atoms with Gasteiger partial charge in [-0.1, -0.05) is 23.5 Å². The van der Waals surface area contributed by atoms with Gasteiger partial charge < -0.3 is 14.0 Å². The molecule has 216 valence electrons. The highest BCUT2D eigenvalue weighted by atomic mass is 32.1. The highest BCUT2D eigenvalue weighted by molar-refractivity contribution is 7.07. The number of carbonyl (C=O) groups excluding carboxylic acids is 1. The average Bonchev–Trinajstić information content (AvgIpc) is 3.42. The number of carbonyl (C=O) groups is 1. The second-order valence-corrected chi connectivity index (χ2v) is 10.7. The number of hydrogen-bond acceptors (Lipinski definition) is 8. The van der Waals surface area contributed by atoms with Crippen molar-refractivity contribution in [3.05, 3.63) is 118 Å². The molecule has 0 aliphatic carbocycles. The van der Waals surface area contributed by atoms with Gasteiger partial charge in [-0.05, 0) is 82.2 Å². The minimum absolute atomic E-state index is 0.0158. The van der Waals surface area contributed by atoms with Gasteiger partial charge in [-0.15, -0.1) is 0 Å². The van der Waals surface area contributed by atoms with E-state index >= 15 is 0 Å². The number of allylic oxidation sites excluding steroid dienone is 1. The number of benzene rings is 2. The SMILES string of the molecule is CCOC(=O)C1=C(C)N=c2s/c(=C\c3cc(C)n(-c4ccc([N+](=O)[O-])cc4)c3C)c(=O)n2[C@H]1c1ccc(OCC)cc1. The van der Waals surface area contributed by atoms with Crippen LogP contribution in [0.5, 0.6) is 5.75 Å². The van der Waals surface area contributed by atoms with Crippen LogP contribution < -0.4 is 19.6 Å². The van der Waals surface area contributed by atoms with Crippen molar-refractivity contribution >= 4 is 29.1 Å². The fourth-order valence-electron chi connectivity index (χ4n) is 5.22. The molecule has 11 heteroatoms. The Hall–Kier alpha value is -4.77. The Balaban J connectivity index is 1.64. The van der Waals surface area contributed by atoms with E-state index in [2.05, 4.69) is 4.99 Å².